The summed E-state index contributed by atoms with van der Waals surface area (Å²) in [5.74, 6) is 0.649. The van der Waals surface area contributed by atoms with Crippen LogP contribution in [-0.2, 0) is 0 Å². The number of nitro groups is 1. The van der Waals surface area contributed by atoms with Crippen molar-refractivity contribution in [2.24, 2.45) is 0 Å². The molecular formula is C11H11N3O3S2. The minimum absolute atomic E-state index is 0.0312. The highest BCUT2D eigenvalue weighted by molar-refractivity contribution is 8.01. The van der Waals surface area contributed by atoms with E-state index >= 15 is 0 Å². The molecule has 0 spiro atoms. The molecule has 0 amide bonds. The van der Waals surface area contributed by atoms with Crippen LogP contribution in [0.15, 0.2) is 27.4 Å². The summed E-state index contributed by atoms with van der Waals surface area (Å²) in [5.41, 5.74) is 0.487. The van der Waals surface area contributed by atoms with Gasteiger partial charge in [-0.3, -0.25) is 10.1 Å². The Morgan fingerprint density at radius 3 is 2.79 bits per heavy atom. The molecular weight excluding hydrogens is 286 g/mol. The second-order valence-corrected chi connectivity index (χ2v) is 5.91. The fourth-order valence-corrected chi connectivity index (χ4v) is 3.13. The van der Waals surface area contributed by atoms with Gasteiger partial charge in [-0.2, -0.15) is 4.37 Å². The average Bonchev–Trinajstić information content (AvgIpc) is 2.74. The van der Waals surface area contributed by atoms with Gasteiger partial charge in [-0.1, -0.05) is 17.8 Å². The lowest BCUT2D eigenvalue weighted by molar-refractivity contribution is -0.387. The Labute approximate surface area is 117 Å². The van der Waals surface area contributed by atoms with Crippen LogP contribution >= 0.6 is 23.3 Å². The fraction of sp³-hybridized carbons (Fsp3) is 0.273. The second kappa shape index (κ2) is 5.64. The number of hydrogen-bond donors (Lipinski definition) is 1. The first-order valence-electron chi connectivity index (χ1n) is 5.42. The van der Waals surface area contributed by atoms with Gasteiger partial charge in [0.1, 0.15) is 5.82 Å². The van der Waals surface area contributed by atoms with Gasteiger partial charge in [-0.05, 0) is 37.0 Å². The van der Waals surface area contributed by atoms with Gasteiger partial charge in [-0.25, -0.2) is 4.98 Å². The molecule has 1 heterocycles. The molecule has 0 saturated carbocycles. The highest BCUT2D eigenvalue weighted by Gasteiger charge is 2.18. The van der Waals surface area contributed by atoms with Crippen molar-refractivity contribution in [3.8, 4) is 0 Å². The number of aryl methyl sites for hydroxylation is 1. The smallest absolute Gasteiger partial charge is 0.283 e. The van der Waals surface area contributed by atoms with Crippen molar-refractivity contribution in [2.75, 3.05) is 0 Å². The highest BCUT2D eigenvalue weighted by Crippen LogP contribution is 2.36. The molecule has 1 atom stereocenters. The molecule has 1 aromatic carbocycles. The first-order valence-corrected chi connectivity index (χ1v) is 7.01. The van der Waals surface area contributed by atoms with E-state index in [0.29, 0.717) is 20.6 Å². The number of hydrogen-bond acceptors (Lipinski definition) is 7. The highest BCUT2D eigenvalue weighted by atomic mass is 32.2. The van der Waals surface area contributed by atoms with E-state index in [2.05, 4.69) is 9.36 Å². The standard InChI is InChI=1S/C11H11N3O3S2/c1-6(15)8-3-4-10(9(5-8)14(16)17)18-11-12-7(2)13-19-11/h3-6,15H,1-2H3/t6-/m0/s1. The second-order valence-electron chi connectivity index (χ2n) is 3.87. The summed E-state index contributed by atoms with van der Waals surface area (Å²) in [6.45, 7) is 3.34. The van der Waals surface area contributed by atoms with Crippen LogP contribution in [0.4, 0.5) is 5.69 Å². The van der Waals surface area contributed by atoms with Gasteiger partial charge >= 0.3 is 0 Å². The molecule has 19 heavy (non-hydrogen) atoms. The summed E-state index contributed by atoms with van der Waals surface area (Å²) in [6.07, 6.45) is -0.735. The predicted octanol–water partition coefficient (Wildman–Crippen LogP) is 2.96. The quantitative estimate of drug-likeness (QED) is 0.689. The van der Waals surface area contributed by atoms with Crippen molar-refractivity contribution < 1.29 is 10.0 Å². The Hall–Kier alpha value is -1.51. The monoisotopic (exact) mass is 297 g/mol. The van der Waals surface area contributed by atoms with Gasteiger partial charge in [0.2, 0.25) is 0 Å². The number of nitro benzene ring substituents is 1. The van der Waals surface area contributed by atoms with E-state index in [1.54, 1.807) is 26.0 Å². The van der Waals surface area contributed by atoms with E-state index in [4.69, 9.17) is 0 Å². The molecule has 6 nitrogen and oxygen atoms in total. The summed E-state index contributed by atoms with van der Waals surface area (Å²) in [4.78, 5) is 15.3. The van der Waals surface area contributed by atoms with Gasteiger partial charge in [0.15, 0.2) is 4.34 Å². The molecule has 0 aliphatic rings. The van der Waals surface area contributed by atoms with Gasteiger partial charge < -0.3 is 5.11 Å². The third-order valence-electron chi connectivity index (χ3n) is 2.37. The van der Waals surface area contributed by atoms with Gasteiger partial charge in [0.05, 0.1) is 15.9 Å². The van der Waals surface area contributed by atoms with Crippen LogP contribution in [0.5, 0.6) is 0 Å². The van der Waals surface area contributed by atoms with Crippen molar-refractivity contribution in [1.82, 2.24) is 9.36 Å². The summed E-state index contributed by atoms with van der Waals surface area (Å²) in [6, 6.07) is 4.69. The van der Waals surface area contributed by atoms with Gasteiger partial charge in [-0.15, -0.1) is 0 Å². The number of rotatable bonds is 4. The Bertz CT molecular complexity index is 613. The first kappa shape index (κ1) is 13.9. The third kappa shape index (κ3) is 3.28. The number of aromatic nitrogens is 2. The first-order chi connectivity index (χ1) is 8.97. The van der Waals surface area contributed by atoms with E-state index < -0.39 is 11.0 Å². The maximum absolute atomic E-state index is 11.1. The van der Waals surface area contributed by atoms with Crippen LogP contribution in [0.2, 0.25) is 0 Å². The molecule has 0 unspecified atom stereocenters. The summed E-state index contributed by atoms with van der Waals surface area (Å²) in [5, 5.41) is 20.5. The fourth-order valence-electron chi connectivity index (χ4n) is 1.44. The number of nitrogens with zero attached hydrogens (tertiary/aromatic N) is 3. The molecule has 0 aliphatic heterocycles. The molecule has 0 radical (unpaired) electrons. The molecule has 100 valence electrons. The average molecular weight is 297 g/mol. The Balaban J connectivity index is 2.36. The molecule has 0 saturated heterocycles. The van der Waals surface area contributed by atoms with Crippen molar-refractivity contribution >= 4 is 29.0 Å². The zero-order valence-corrected chi connectivity index (χ0v) is 11.9. The summed E-state index contributed by atoms with van der Waals surface area (Å²) in [7, 11) is 0. The molecule has 0 fully saturated rings. The lowest BCUT2D eigenvalue weighted by atomic mass is 10.1. The normalized spacial score (nSPS) is 12.4. The molecule has 2 rings (SSSR count). The molecule has 0 aliphatic carbocycles. The third-order valence-corrected chi connectivity index (χ3v) is 4.28. The Morgan fingerprint density at radius 1 is 1.53 bits per heavy atom. The van der Waals surface area contributed by atoms with E-state index in [1.165, 1.54) is 29.4 Å². The van der Waals surface area contributed by atoms with Crippen LogP contribution in [0, 0.1) is 17.0 Å². The van der Waals surface area contributed by atoms with Crippen LogP contribution in [0.1, 0.15) is 24.4 Å². The van der Waals surface area contributed by atoms with Crippen molar-refractivity contribution in [3.63, 3.8) is 0 Å². The lowest BCUT2D eigenvalue weighted by Gasteiger charge is -2.06. The van der Waals surface area contributed by atoms with Gasteiger partial charge in [0, 0.05) is 6.07 Å². The number of aliphatic hydroxyl groups excluding tert-OH is 1. The van der Waals surface area contributed by atoms with Crippen molar-refractivity contribution in [1.29, 1.82) is 0 Å². The van der Waals surface area contributed by atoms with Gasteiger partial charge in [0.25, 0.3) is 5.69 Å². The summed E-state index contributed by atoms with van der Waals surface area (Å²) < 4.78 is 4.69. The Morgan fingerprint density at radius 2 is 2.26 bits per heavy atom. The Kier molecular flexibility index (Phi) is 4.13. The topological polar surface area (TPSA) is 89.2 Å². The zero-order chi connectivity index (χ0) is 14.0. The zero-order valence-electron chi connectivity index (χ0n) is 10.2. The molecule has 1 N–H and O–H groups in total. The minimum Gasteiger partial charge on any atom is -0.389 e. The number of aliphatic hydroxyl groups is 1. The number of benzene rings is 1. The van der Waals surface area contributed by atoms with E-state index in [1.807, 2.05) is 0 Å². The molecule has 0 bridgehead atoms. The van der Waals surface area contributed by atoms with Crippen LogP contribution in [0.25, 0.3) is 0 Å². The maximum Gasteiger partial charge on any atom is 0.283 e. The molecule has 1 aromatic heterocycles. The summed E-state index contributed by atoms with van der Waals surface area (Å²) >= 11 is 2.41. The molecule has 2 aromatic rings. The van der Waals surface area contributed by atoms with E-state index in [9.17, 15) is 15.2 Å². The molecule has 8 heteroatoms. The lowest BCUT2D eigenvalue weighted by Crippen LogP contribution is -1.96. The van der Waals surface area contributed by atoms with Crippen molar-refractivity contribution in [2.45, 2.75) is 29.2 Å². The van der Waals surface area contributed by atoms with E-state index in [0.717, 1.165) is 0 Å². The maximum atomic E-state index is 11.1. The SMILES string of the molecule is Cc1nsc(Sc2ccc([C@H](C)O)cc2[N+](=O)[O-])n1. The van der Waals surface area contributed by atoms with Crippen LogP contribution in [-0.4, -0.2) is 19.4 Å². The minimum atomic E-state index is -0.735. The predicted molar refractivity (Wildman–Crippen MR) is 72.5 cm³/mol. The largest absolute Gasteiger partial charge is 0.389 e. The van der Waals surface area contributed by atoms with E-state index in [-0.39, 0.29) is 5.69 Å². The van der Waals surface area contributed by atoms with Crippen molar-refractivity contribution in [3.05, 3.63) is 39.7 Å². The van der Waals surface area contributed by atoms with Crippen LogP contribution in [0.3, 0.4) is 0 Å². The van der Waals surface area contributed by atoms with Crippen LogP contribution < -0.4 is 0 Å².